The van der Waals surface area contributed by atoms with Gasteiger partial charge in [0, 0.05) is 11.6 Å². The first-order valence-electron chi connectivity index (χ1n) is 7.48. The number of carbonyl (C=O) groups excluding carboxylic acids is 1. The highest BCUT2D eigenvalue weighted by Gasteiger charge is 2.32. The molecule has 2 rings (SSSR count). The summed E-state index contributed by atoms with van der Waals surface area (Å²) in [4.78, 5) is 11.9. The topological polar surface area (TPSA) is 50.4 Å². The van der Waals surface area contributed by atoms with E-state index in [9.17, 15) is 26.7 Å². The molecule has 0 saturated carbocycles. The number of rotatable bonds is 6. The summed E-state index contributed by atoms with van der Waals surface area (Å²) in [6.45, 7) is 1.13. The summed E-state index contributed by atoms with van der Waals surface area (Å²) >= 11 is 0. The summed E-state index contributed by atoms with van der Waals surface area (Å²) in [7, 11) is 0. The van der Waals surface area contributed by atoms with Gasteiger partial charge in [-0.05, 0) is 25.1 Å². The molecular formula is C17H15F5N2O2. The normalized spacial score (nSPS) is 12.4. The fraction of sp³-hybridized carbons (Fsp3) is 0.235. The summed E-state index contributed by atoms with van der Waals surface area (Å²) in [5.41, 5.74) is 0.0566. The summed E-state index contributed by atoms with van der Waals surface area (Å²) in [6, 6.07) is 7.44. The van der Waals surface area contributed by atoms with Crippen LogP contribution < -0.4 is 15.4 Å². The number of hydrogen-bond donors (Lipinski definition) is 2. The van der Waals surface area contributed by atoms with Crippen LogP contribution in [0.3, 0.4) is 0 Å². The molecule has 0 aliphatic heterocycles. The Kier molecular flexibility index (Phi) is 6.01. The van der Waals surface area contributed by atoms with Crippen molar-refractivity contribution in [3.63, 3.8) is 0 Å². The third kappa shape index (κ3) is 5.61. The number of ether oxygens (including phenoxy) is 1. The van der Waals surface area contributed by atoms with Crippen LogP contribution in [0.1, 0.15) is 18.5 Å². The lowest BCUT2D eigenvalue weighted by atomic mass is 10.1. The zero-order valence-electron chi connectivity index (χ0n) is 13.5. The summed E-state index contributed by atoms with van der Waals surface area (Å²) < 4.78 is 67.5. The third-order valence-electron chi connectivity index (χ3n) is 3.36. The van der Waals surface area contributed by atoms with Crippen LogP contribution in [-0.4, -0.2) is 18.8 Å². The van der Waals surface area contributed by atoms with Crippen molar-refractivity contribution >= 4 is 11.6 Å². The van der Waals surface area contributed by atoms with Crippen molar-refractivity contribution in [3.05, 3.63) is 59.7 Å². The van der Waals surface area contributed by atoms with Gasteiger partial charge in [0.05, 0.1) is 18.3 Å². The molecule has 1 unspecified atom stereocenters. The van der Waals surface area contributed by atoms with Gasteiger partial charge >= 0.3 is 6.36 Å². The number of nitrogens with one attached hydrogen (secondary N) is 2. The Morgan fingerprint density at radius 3 is 2.50 bits per heavy atom. The van der Waals surface area contributed by atoms with Crippen LogP contribution in [0.15, 0.2) is 42.5 Å². The Bertz CT molecular complexity index is 780. The number of alkyl halides is 3. The second kappa shape index (κ2) is 8.03. The van der Waals surface area contributed by atoms with Crippen LogP contribution in [0, 0.1) is 11.6 Å². The summed E-state index contributed by atoms with van der Waals surface area (Å²) in [5.74, 6) is -2.63. The molecule has 0 heterocycles. The van der Waals surface area contributed by atoms with E-state index >= 15 is 0 Å². The van der Waals surface area contributed by atoms with Crippen LogP contribution in [0.4, 0.5) is 27.6 Å². The van der Waals surface area contributed by atoms with E-state index in [1.54, 1.807) is 0 Å². The molecule has 0 aromatic heterocycles. The molecule has 0 bridgehead atoms. The van der Waals surface area contributed by atoms with E-state index < -0.39 is 35.7 Å². The first kappa shape index (κ1) is 19.5. The van der Waals surface area contributed by atoms with E-state index in [1.165, 1.54) is 31.2 Å². The molecule has 2 N–H and O–H groups in total. The maximum absolute atomic E-state index is 13.7. The quantitative estimate of drug-likeness (QED) is 0.747. The molecule has 0 spiro atoms. The smallest absolute Gasteiger partial charge is 0.404 e. The first-order valence-corrected chi connectivity index (χ1v) is 7.48. The average molecular weight is 374 g/mol. The zero-order chi connectivity index (χ0) is 19.3. The standard InChI is InChI=1S/C17H15F5N2O2/c1-10(12-7-6-11(18)8-13(12)19)24-16(25)9-23-14-4-2-3-5-15(14)26-17(20,21)22/h2-8,10,23H,9H2,1H3,(H,24,25). The molecular weight excluding hydrogens is 359 g/mol. The van der Waals surface area contributed by atoms with Crippen molar-refractivity contribution in [3.8, 4) is 5.75 Å². The predicted molar refractivity (Wildman–Crippen MR) is 84.5 cm³/mol. The molecule has 4 nitrogen and oxygen atoms in total. The minimum Gasteiger partial charge on any atom is -0.404 e. The predicted octanol–water partition coefficient (Wildman–Crippen LogP) is 4.15. The molecule has 2 aromatic rings. The van der Waals surface area contributed by atoms with Gasteiger partial charge < -0.3 is 15.4 Å². The number of benzene rings is 2. The van der Waals surface area contributed by atoms with E-state index in [4.69, 9.17) is 0 Å². The second-order valence-electron chi connectivity index (χ2n) is 5.35. The minimum atomic E-state index is -4.87. The van der Waals surface area contributed by atoms with Crippen LogP contribution in [-0.2, 0) is 4.79 Å². The molecule has 9 heteroatoms. The molecule has 1 atom stereocenters. The van der Waals surface area contributed by atoms with Crippen LogP contribution in [0.2, 0.25) is 0 Å². The van der Waals surface area contributed by atoms with Gasteiger partial charge in [0.15, 0.2) is 5.75 Å². The summed E-state index contributed by atoms with van der Waals surface area (Å²) in [6.07, 6.45) is -4.87. The van der Waals surface area contributed by atoms with Crippen molar-refractivity contribution in [2.24, 2.45) is 0 Å². The summed E-state index contributed by atoms with van der Waals surface area (Å²) in [5, 5.41) is 4.99. The van der Waals surface area contributed by atoms with Crippen molar-refractivity contribution in [1.82, 2.24) is 5.32 Å². The number of anilines is 1. The Morgan fingerprint density at radius 1 is 1.15 bits per heavy atom. The SMILES string of the molecule is CC(NC(=O)CNc1ccccc1OC(F)(F)F)c1ccc(F)cc1F. The Morgan fingerprint density at radius 2 is 1.85 bits per heavy atom. The molecule has 0 radical (unpaired) electrons. The van der Waals surface area contributed by atoms with Crippen LogP contribution in [0.25, 0.3) is 0 Å². The van der Waals surface area contributed by atoms with E-state index in [1.807, 2.05) is 0 Å². The van der Waals surface area contributed by atoms with Gasteiger partial charge in [-0.1, -0.05) is 18.2 Å². The Labute approximate surface area is 146 Å². The average Bonchev–Trinajstić information content (AvgIpc) is 2.52. The number of para-hydroxylation sites is 2. The van der Waals surface area contributed by atoms with Crippen molar-refractivity contribution < 1.29 is 31.5 Å². The largest absolute Gasteiger partial charge is 0.573 e. The van der Waals surface area contributed by atoms with E-state index in [2.05, 4.69) is 15.4 Å². The lowest BCUT2D eigenvalue weighted by Gasteiger charge is -2.17. The fourth-order valence-corrected chi connectivity index (χ4v) is 2.22. The second-order valence-corrected chi connectivity index (χ2v) is 5.35. The minimum absolute atomic E-state index is 0.0272. The molecule has 140 valence electrons. The molecule has 2 aromatic carbocycles. The highest BCUT2D eigenvalue weighted by Crippen LogP contribution is 2.29. The van der Waals surface area contributed by atoms with Gasteiger partial charge in [0.1, 0.15) is 11.6 Å². The first-order chi connectivity index (χ1) is 12.2. The van der Waals surface area contributed by atoms with Crippen LogP contribution in [0.5, 0.6) is 5.75 Å². The fourth-order valence-electron chi connectivity index (χ4n) is 2.22. The van der Waals surface area contributed by atoms with E-state index in [0.717, 1.165) is 12.1 Å². The highest BCUT2D eigenvalue weighted by atomic mass is 19.4. The number of halogens is 5. The number of amides is 1. The van der Waals surface area contributed by atoms with Gasteiger partial charge in [-0.2, -0.15) is 0 Å². The van der Waals surface area contributed by atoms with E-state index in [0.29, 0.717) is 6.07 Å². The molecule has 26 heavy (non-hydrogen) atoms. The van der Waals surface area contributed by atoms with Gasteiger partial charge in [-0.3, -0.25) is 4.79 Å². The molecule has 0 aliphatic carbocycles. The monoisotopic (exact) mass is 374 g/mol. The van der Waals surface area contributed by atoms with Gasteiger partial charge in [-0.15, -0.1) is 13.2 Å². The lowest BCUT2D eigenvalue weighted by molar-refractivity contribution is -0.274. The molecule has 0 aliphatic rings. The number of carbonyl (C=O) groups is 1. The highest BCUT2D eigenvalue weighted by molar-refractivity contribution is 5.81. The molecule has 0 fully saturated rings. The van der Waals surface area contributed by atoms with Crippen LogP contribution >= 0.6 is 0 Å². The molecule has 1 amide bonds. The van der Waals surface area contributed by atoms with Crippen molar-refractivity contribution in [2.75, 3.05) is 11.9 Å². The maximum Gasteiger partial charge on any atom is 0.573 e. The van der Waals surface area contributed by atoms with Gasteiger partial charge in [0.2, 0.25) is 5.91 Å². The Hall–Kier alpha value is -2.84. The van der Waals surface area contributed by atoms with Crippen molar-refractivity contribution in [2.45, 2.75) is 19.3 Å². The van der Waals surface area contributed by atoms with Crippen molar-refractivity contribution in [1.29, 1.82) is 0 Å². The third-order valence-corrected chi connectivity index (χ3v) is 3.36. The van der Waals surface area contributed by atoms with Gasteiger partial charge in [-0.25, -0.2) is 8.78 Å². The zero-order valence-corrected chi connectivity index (χ0v) is 13.5. The Balaban J connectivity index is 1.97. The maximum atomic E-state index is 13.7. The number of hydrogen-bond acceptors (Lipinski definition) is 3. The van der Waals surface area contributed by atoms with Gasteiger partial charge in [0.25, 0.3) is 0 Å². The lowest BCUT2D eigenvalue weighted by Crippen LogP contribution is -2.32. The molecule has 0 saturated heterocycles. The van der Waals surface area contributed by atoms with E-state index in [-0.39, 0.29) is 17.8 Å².